The van der Waals surface area contributed by atoms with Gasteiger partial charge in [0, 0.05) is 12.2 Å². The highest BCUT2D eigenvalue weighted by Crippen LogP contribution is 2.32. The highest BCUT2D eigenvalue weighted by Gasteiger charge is 2.22. The number of imidazole rings is 1. The van der Waals surface area contributed by atoms with Crippen molar-refractivity contribution in [3.05, 3.63) is 21.3 Å². The van der Waals surface area contributed by atoms with Gasteiger partial charge in [0.05, 0.1) is 0 Å². The highest BCUT2D eigenvalue weighted by atomic mass is 79.9. The lowest BCUT2D eigenvalue weighted by molar-refractivity contribution is 0.303. The van der Waals surface area contributed by atoms with Crippen molar-refractivity contribution in [3.63, 3.8) is 0 Å². The van der Waals surface area contributed by atoms with Crippen LogP contribution in [0.4, 0.5) is 0 Å². The first-order valence-corrected chi connectivity index (χ1v) is 4.54. The molecule has 0 bridgehead atoms. The molecule has 1 saturated carbocycles. The van der Waals surface area contributed by atoms with Gasteiger partial charge in [0.15, 0.2) is 0 Å². The monoisotopic (exact) mass is 216 g/mol. The van der Waals surface area contributed by atoms with Crippen LogP contribution in [0.1, 0.15) is 25.3 Å². The predicted molar refractivity (Wildman–Crippen MR) is 45.6 cm³/mol. The molecule has 0 radical (unpaired) electrons. The maximum Gasteiger partial charge on any atom is 0.326 e. The summed E-state index contributed by atoms with van der Waals surface area (Å²) < 4.78 is 2.65. The number of aromatic nitrogens is 2. The van der Waals surface area contributed by atoms with Gasteiger partial charge in [-0.05, 0) is 35.2 Å². The Morgan fingerprint density at radius 3 is 2.73 bits per heavy atom. The summed E-state index contributed by atoms with van der Waals surface area (Å²) in [5, 5.41) is 0. The molecule has 0 aromatic carbocycles. The van der Waals surface area contributed by atoms with E-state index >= 15 is 0 Å². The van der Waals surface area contributed by atoms with Crippen molar-refractivity contribution in [3.8, 4) is 0 Å². The molecule has 11 heavy (non-hydrogen) atoms. The summed E-state index contributed by atoms with van der Waals surface area (Å²) >= 11 is 3.32. The number of hydrogen-bond donors (Lipinski definition) is 1. The molecule has 60 valence electrons. The van der Waals surface area contributed by atoms with E-state index in [4.69, 9.17) is 0 Å². The Bertz CT molecular complexity index is 310. The second-order valence-electron chi connectivity index (χ2n) is 2.87. The Morgan fingerprint density at radius 2 is 2.36 bits per heavy atom. The number of nitrogens with one attached hydrogen (secondary N) is 1. The van der Waals surface area contributed by atoms with Gasteiger partial charge in [0.1, 0.15) is 4.60 Å². The van der Waals surface area contributed by atoms with Crippen LogP contribution in [0.3, 0.4) is 0 Å². The largest absolute Gasteiger partial charge is 0.326 e. The summed E-state index contributed by atoms with van der Waals surface area (Å²) in [5.74, 6) is 0. The average Bonchev–Trinajstić information content (AvgIpc) is 2.15. The smallest absolute Gasteiger partial charge is 0.312 e. The Morgan fingerprint density at radius 1 is 1.64 bits per heavy atom. The molecule has 1 N–H and O–H groups in total. The Balaban J connectivity index is 2.41. The number of hydrogen-bond acceptors (Lipinski definition) is 1. The molecule has 0 saturated heterocycles. The zero-order valence-corrected chi connectivity index (χ0v) is 7.60. The Kier molecular flexibility index (Phi) is 1.64. The lowest BCUT2D eigenvalue weighted by atomic mass is 9.93. The molecule has 1 fully saturated rings. The maximum absolute atomic E-state index is 11.2. The summed E-state index contributed by atoms with van der Waals surface area (Å²) in [6.45, 7) is 0. The van der Waals surface area contributed by atoms with E-state index in [9.17, 15) is 4.79 Å². The number of halogens is 1. The van der Waals surface area contributed by atoms with E-state index in [1.165, 1.54) is 6.42 Å². The van der Waals surface area contributed by atoms with Crippen LogP contribution < -0.4 is 5.69 Å². The van der Waals surface area contributed by atoms with E-state index in [1.54, 1.807) is 10.8 Å². The van der Waals surface area contributed by atoms with Crippen molar-refractivity contribution in [2.45, 2.75) is 25.3 Å². The molecule has 2 rings (SSSR count). The van der Waals surface area contributed by atoms with Crippen LogP contribution in [0.2, 0.25) is 0 Å². The molecule has 0 atom stereocenters. The topological polar surface area (TPSA) is 37.8 Å². The van der Waals surface area contributed by atoms with Gasteiger partial charge in [0.2, 0.25) is 0 Å². The lowest BCUT2D eigenvalue weighted by Crippen LogP contribution is -2.27. The molecule has 0 amide bonds. The fourth-order valence-corrected chi connectivity index (χ4v) is 1.91. The Hall–Kier alpha value is -0.510. The first-order valence-electron chi connectivity index (χ1n) is 3.74. The van der Waals surface area contributed by atoms with Crippen LogP contribution in [0, 0.1) is 0 Å². The SMILES string of the molecule is O=c1[nH]cc(Br)n1C1CCC1. The molecule has 1 aromatic rings. The van der Waals surface area contributed by atoms with Crippen LogP contribution in [-0.2, 0) is 0 Å². The first kappa shape index (κ1) is 7.16. The average molecular weight is 217 g/mol. The van der Waals surface area contributed by atoms with Crippen LogP contribution in [-0.4, -0.2) is 9.55 Å². The minimum atomic E-state index is 0.00146. The third-order valence-electron chi connectivity index (χ3n) is 2.20. The Labute approximate surface area is 72.6 Å². The fourth-order valence-electron chi connectivity index (χ4n) is 1.34. The van der Waals surface area contributed by atoms with Gasteiger partial charge in [-0.25, -0.2) is 4.79 Å². The summed E-state index contributed by atoms with van der Waals surface area (Å²) in [6, 6.07) is 0.433. The molecular weight excluding hydrogens is 208 g/mol. The number of aromatic amines is 1. The van der Waals surface area contributed by atoms with Gasteiger partial charge in [-0.3, -0.25) is 4.57 Å². The van der Waals surface area contributed by atoms with Gasteiger partial charge in [-0.1, -0.05) is 0 Å². The maximum atomic E-state index is 11.2. The minimum absolute atomic E-state index is 0.00146. The molecule has 3 nitrogen and oxygen atoms in total. The van der Waals surface area contributed by atoms with Gasteiger partial charge in [-0.2, -0.15) is 0 Å². The molecule has 4 heteroatoms. The van der Waals surface area contributed by atoms with Crippen molar-refractivity contribution >= 4 is 15.9 Å². The van der Waals surface area contributed by atoms with Gasteiger partial charge in [-0.15, -0.1) is 0 Å². The van der Waals surface area contributed by atoms with Crippen molar-refractivity contribution in [2.24, 2.45) is 0 Å². The number of rotatable bonds is 1. The van der Waals surface area contributed by atoms with Crippen molar-refractivity contribution in [1.82, 2.24) is 9.55 Å². The van der Waals surface area contributed by atoms with E-state index in [0.29, 0.717) is 6.04 Å². The van der Waals surface area contributed by atoms with Crippen molar-refractivity contribution < 1.29 is 0 Å². The van der Waals surface area contributed by atoms with Gasteiger partial charge < -0.3 is 4.98 Å². The molecule has 1 aliphatic rings. The van der Waals surface area contributed by atoms with E-state index in [2.05, 4.69) is 20.9 Å². The van der Waals surface area contributed by atoms with E-state index in [-0.39, 0.29) is 5.69 Å². The van der Waals surface area contributed by atoms with Crippen LogP contribution in [0.25, 0.3) is 0 Å². The highest BCUT2D eigenvalue weighted by molar-refractivity contribution is 9.10. The molecule has 0 aliphatic heterocycles. The van der Waals surface area contributed by atoms with Gasteiger partial charge >= 0.3 is 5.69 Å². The summed E-state index contributed by atoms with van der Waals surface area (Å²) in [7, 11) is 0. The summed E-state index contributed by atoms with van der Waals surface area (Å²) in [5.41, 5.74) is 0.00146. The quantitative estimate of drug-likeness (QED) is 0.763. The van der Waals surface area contributed by atoms with Crippen LogP contribution in [0.5, 0.6) is 0 Å². The fraction of sp³-hybridized carbons (Fsp3) is 0.571. The zero-order chi connectivity index (χ0) is 7.84. The van der Waals surface area contributed by atoms with Crippen molar-refractivity contribution in [2.75, 3.05) is 0 Å². The minimum Gasteiger partial charge on any atom is -0.312 e. The lowest BCUT2D eigenvalue weighted by Gasteiger charge is -2.26. The van der Waals surface area contributed by atoms with Crippen LogP contribution in [0.15, 0.2) is 15.6 Å². The van der Waals surface area contributed by atoms with E-state index in [1.807, 2.05) is 0 Å². The molecule has 0 unspecified atom stereocenters. The molecular formula is C7H9BrN2O. The number of H-pyrrole nitrogens is 1. The van der Waals surface area contributed by atoms with Crippen molar-refractivity contribution in [1.29, 1.82) is 0 Å². The summed E-state index contributed by atoms with van der Waals surface area (Å²) in [4.78, 5) is 13.8. The zero-order valence-electron chi connectivity index (χ0n) is 6.01. The summed E-state index contributed by atoms with van der Waals surface area (Å²) in [6.07, 6.45) is 5.21. The second kappa shape index (κ2) is 2.52. The molecule has 0 spiro atoms. The van der Waals surface area contributed by atoms with E-state index < -0.39 is 0 Å². The molecule has 1 aromatic heterocycles. The first-order chi connectivity index (χ1) is 5.29. The predicted octanol–water partition coefficient (Wildman–Crippen LogP) is 1.66. The van der Waals surface area contributed by atoms with E-state index in [0.717, 1.165) is 17.4 Å². The molecule has 1 aliphatic carbocycles. The normalized spacial score (nSPS) is 18.3. The standard InChI is InChI=1S/C7H9BrN2O/c8-6-4-9-7(11)10(6)5-2-1-3-5/h4-5H,1-3H2,(H,9,11). The van der Waals surface area contributed by atoms with Crippen LogP contribution >= 0.6 is 15.9 Å². The third-order valence-corrected chi connectivity index (χ3v) is 2.81. The second-order valence-corrected chi connectivity index (χ2v) is 3.68. The van der Waals surface area contributed by atoms with Gasteiger partial charge in [0.25, 0.3) is 0 Å². The number of nitrogens with zero attached hydrogens (tertiary/aromatic N) is 1. The third kappa shape index (κ3) is 1.05. The molecule has 1 heterocycles.